The van der Waals surface area contributed by atoms with Gasteiger partial charge < -0.3 is 9.73 Å². The van der Waals surface area contributed by atoms with Gasteiger partial charge in [-0.3, -0.25) is 0 Å². The molecule has 0 bridgehead atoms. The van der Waals surface area contributed by atoms with E-state index >= 15 is 0 Å². The average Bonchev–Trinajstić information content (AvgIpc) is 2.91. The van der Waals surface area contributed by atoms with Crippen molar-refractivity contribution in [3.63, 3.8) is 0 Å². The van der Waals surface area contributed by atoms with E-state index in [9.17, 15) is 8.42 Å². The molecule has 120 valence electrons. The fraction of sp³-hybridized carbons (Fsp3) is 0.733. The number of hydrogen-bond donors (Lipinski definition) is 2. The van der Waals surface area contributed by atoms with E-state index in [1.54, 1.807) is 6.07 Å². The van der Waals surface area contributed by atoms with Gasteiger partial charge in [0.25, 0.3) is 10.0 Å². The second-order valence-electron chi connectivity index (χ2n) is 6.26. The molecule has 2 unspecified atom stereocenters. The lowest BCUT2D eigenvalue weighted by Gasteiger charge is -2.05. The maximum absolute atomic E-state index is 12.2. The lowest BCUT2D eigenvalue weighted by atomic mass is 10.2. The molecule has 1 heterocycles. The van der Waals surface area contributed by atoms with Crippen molar-refractivity contribution in [2.24, 2.45) is 11.8 Å². The smallest absolute Gasteiger partial charge is 0.274 e. The van der Waals surface area contributed by atoms with E-state index < -0.39 is 10.0 Å². The normalized spacial score (nSPS) is 21.9. The van der Waals surface area contributed by atoms with Gasteiger partial charge in [0.2, 0.25) is 5.09 Å². The van der Waals surface area contributed by atoms with Crippen LogP contribution in [0.5, 0.6) is 0 Å². The van der Waals surface area contributed by atoms with Crippen LogP contribution < -0.4 is 10.0 Å². The molecule has 21 heavy (non-hydrogen) atoms. The van der Waals surface area contributed by atoms with Crippen molar-refractivity contribution in [3.05, 3.63) is 17.9 Å². The third-order valence-electron chi connectivity index (χ3n) is 3.64. The highest BCUT2D eigenvalue weighted by Gasteiger charge is 2.39. The van der Waals surface area contributed by atoms with Gasteiger partial charge in [0, 0.05) is 6.04 Å². The zero-order valence-corrected chi connectivity index (χ0v) is 13.9. The molecule has 1 fully saturated rings. The second kappa shape index (κ2) is 6.94. The zero-order chi connectivity index (χ0) is 15.5. The number of hydrogen-bond acceptors (Lipinski definition) is 4. The zero-order valence-electron chi connectivity index (χ0n) is 13.1. The van der Waals surface area contributed by atoms with E-state index in [2.05, 4.69) is 30.8 Å². The van der Waals surface area contributed by atoms with E-state index in [-0.39, 0.29) is 11.1 Å². The number of rotatable bonds is 9. The van der Waals surface area contributed by atoms with Crippen molar-refractivity contribution in [1.29, 1.82) is 0 Å². The summed E-state index contributed by atoms with van der Waals surface area (Å²) in [5.74, 6) is 1.69. The third-order valence-corrected chi connectivity index (χ3v) is 5.00. The van der Waals surface area contributed by atoms with Gasteiger partial charge in [-0.05, 0) is 43.4 Å². The van der Waals surface area contributed by atoms with Crippen LogP contribution in [0.25, 0.3) is 0 Å². The fourth-order valence-corrected chi connectivity index (χ4v) is 3.69. The monoisotopic (exact) mass is 314 g/mol. The van der Waals surface area contributed by atoms with Crippen molar-refractivity contribution in [3.8, 4) is 0 Å². The molecule has 0 spiro atoms. The fourth-order valence-electron chi connectivity index (χ4n) is 2.42. The van der Waals surface area contributed by atoms with Crippen molar-refractivity contribution in [2.75, 3.05) is 6.54 Å². The highest BCUT2D eigenvalue weighted by molar-refractivity contribution is 7.89. The SMILES string of the molecule is CCCC1CC1NS(=O)(=O)c1ccc(CNCC(C)C)o1. The van der Waals surface area contributed by atoms with Crippen LogP contribution in [-0.2, 0) is 16.6 Å². The lowest BCUT2D eigenvalue weighted by molar-refractivity contribution is 0.394. The van der Waals surface area contributed by atoms with Crippen molar-refractivity contribution in [2.45, 2.75) is 57.7 Å². The Morgan fingerprint density at radius 1 is 1.38 bits per heavy atom. The van der Waals surface area contributed by atoms with Crippen LogP contribution in [0.1, 0.15) is 45.8 Å². The first-order valence-corrected chi connectivity index (χ1v) is 9.22. The van der Waals surface area contributed by atoms with E-state index in [1.165, 1.54) is 6.07 Å². The molecule has 2 N–H and O–H groups in total. The predicted molar refractivity (Wildman–Crippen MR) is 82.4 cm³/mol. The molecular formula is C15H26N2O3S. The second-order valence-corrected chi connectivity index (χ2v) is 7.90. The Balaban J connectivity index is 1.87. The largest absolute Gasteiger partial charge is 0.447 e. The molecule has 1 aromatic heterocycles. The summed E-state index contributed by atoms with van der Waals surface area (Å²) >= 11 is 0. The Morgan fingerprint density at radius 2 is 2.14 bits per heavy atom. The summed E-state index contributed by atoms with van der Waals surface area (Å²) in [6, 6.07) is 3.34. The summed E-state index contributed by atoms with van der Waals surface area (Å²) in [6.07, 6.45) is 3.11. The molecule has 2 rings (SSSR count). The Hall–Kier alpha value is -0.850. The minimum atomic E-state index is -3.51. The van der Waals surface area contributed by atoms with Crippen molar-refractivity contribution in [1.82, 2.24) is 10.0 Å². The maximum atomic E-state index is 12.2. The van der Waals surface area contributed by atoms with Gasteiger partial charge in [-0.15, -0.1) is 0 Å². The highest BCUT2D eigenvalue weighted by atomic mass is 32.2. The summed E-state index contributed by atoms with van der Waals surface area (Å²) in [5, 5.41) is 3.25. The molecule has 2 atom stereocenters. The van der Waals surface area contributed by atoms with Crippen LogP contribution in [0.15, 0.2) is 21.6 Å². The molecule has 6 heteroatoms. The Bertz CT molecular complexity index is 551. The van der Waals surface area contributed by atoms with Crippen molar-refractivity contribution < 1.29 is 12.8 Å². The first-order valence-electron chi connectivity index (χ1n) is 7.74. The molecule has 0 aromatic carbocycles. The summed E-state index contributed by atoms with van der Waals surface area (Å²) in [6.45, 7) is 7.79. The van der Waals surface area contributed by atoms with Gasteiger partial charge in [0.1, 0.15) is 5.76 Å². The van der Waals surface area contributed by atoms with Gasteiger partial charge in [-0.2, -0.15) is 0 Å². The van der Waals surface area contributed by atoms with E-state index in [0.29, 0.717) is 24.1 Å². The average molecular weight is 314 g/mol. The van der Waals surface area contributed by atoms with Crippen molar-refractivity contribution >= 4 is 10.0 Å². The lowest BCUT2D eigenvalue weighted by Crippen LogP contribution is -2.26. The molecule has 1 aliphatic carbocycles. The standard InChI is InChI=1S/C15H26N2O3S/c1-4-5-12-8-14(12)17-21(18,19)15-7-6-13(20-15)10-16-9-11(2)3/h6-7,11-12,14,16-17H,4-5,8-10H2,1-3H3. The summed E-state index contributed by atoms with van der Waals surface area (Å²) < 4.78 is 32.6. The highest BCUT2D eigenvalue weighted by Crippen LogP contribution is 2.35. The molecule has 1 aliphatic rings. The first-order chi connectivity index (χ1) is 9.92. The van der Waals surface area contributed by atoms with Gasteiger partial charge >= 0.3 is 0 Å². The van der Waals surface area contributed by atoms with Gasteiger partial charge in [0.05, 0.1) is 6.54 Å². The third kappa shape index (κ3) is 4.83. The Morgan fingerprint density at radius 3 is 2.81 bits per heavy atom. The minimum absolute atomic E-state index is 0.0194. The van der Waals surface area contributed by atoms with Crippen LogP contribution in [0.4, 0.5) is 0 Å². The molecule has 0 aliphatic heterocycles. The maximum Gasteiger partial charge on any atom is 0.274 e. The van der Waals surface area contributed by atoms with Crippen LogP contribution in [-0.4, -0.2) is 21.0 Å². The van der Waals surface area contributed by atoms with Crippen LogP contribution in [0.3, 0.4) is 0 Å². The number of sulfonamides is 1. The van der Waals surface area contributed by atoms with Gasteiger partial charge in [-0.25, -0.2) is 13.1 Å². The van der Waals surface area contributed by atoms with E-state index in [0.717, 1.165) is 25.8 Å². The quantitative estimate of drug-likeness (QED) is 0.734. The molecule has 0 saturated heterocycles. The van der Waals surface area contributed by atoms with Crippen LogP contribution >= 0.6 is 0 Å². The Labute approximate surface area is 127 Å². The molecule has 0 amide bonds. The van der Waals surface area contributed by atoms with E-state index in [4.69, 9.17) is 4.42 Å². The molecule has 5 nitrogen and oxygen atoms in total. The summed E-state index contributed by atoms with van der Waals surface area (Å²) in [4.78, 5) is 0. The Kier molecular flexibility index (Phi) is 5.46. The molecule has 1 aromatic rings. The summed E-state index contributed by atoms with van der Waals surface area (Å²) in [7, 11) is -3.51. The number of nitrogens with one attached hydrogen (secondary N) is 2. The molecular weight excluding hydrogens is 288 g/mol. The minimum Gasteiger partial charge on any atom is -0.447 e. The molecule has 0 radical (unpaired) electrons. The van der Waals surface area contributed by atoms with Crippen LogP contribution in [0, 0.1) is 11.8 Å². The predicted octanol–water partition coefficient (Wildman–Crippen LogP) is 2.49. The van der Waals surface area contributed by atoms with Crippen LogP contribution in [0.2, 0.25) is 0 Å². The van der Waals surface area contributed by atoms with Gasteiger partial charge in [0.15, 0.2) is 0 Å². The number of furan rings is 1. The first kappa shape index (κ1) is 16.5. The molecule has 1 saturated carbocycles. The topological polar surface area (TPSA) is 71.3 Å². The van der Waals surface area contributed by atoms with E-state index in [1.807, 2.05) is 0 Å². The summed E-state index contributed by atoms with van der Waals surface area (Å²) in [5.41, 5.74) is 0. The van der Waals surface area contributed by atoms with Gasteiger partial charge in [-0.1, -0.05) is 27.2 Å².